The van der Waals surface area contributed by atoms with Crippen LogP contribution in [-0.2, 0) is 0 Å². The van der Waals surface area contributed by atoms with E-state index in [1.54, 1.807) is 0 Å². The lowest BCUT2D eigenvalue weighted by molar-refractivity contribution is 0.577. The first kappa shape index (κ1) is 17.4. The van der Waals surface area contributed by atoms with Crippen LogP contribution in [0, 0.1) is 45.8 Å². The van der Waals surface area contributed by atoms with E-state index in [1.165, 1.54) is 0 Å². The third-order valence-corrected chi connectivity index (χ3v) is 5.03. The topological polar surface area (TPSA) is 47.6 Å². The fraction of sp³-hybridized carbons (Fsp3) is 0.0769. The fourth-order valence-corrected chi connectivity index (χ4v) is 3.62. The molecule has 0 amide bonds. The van der Waals surface area contributed by atoms with Gasteiger partial charge in [0.1, 0.15) is 0 Å². The molecule has 2 nitrogen and oxygen atoms in total. The molecule has 0 aromatic heterocycles. The number of benzene rings is 2. The molecule has 0 radical (unpaired) electrons. The van der Waals surface area contributed by atoms with Crippen LogP contribution in [-0.4, -0.2) is 0 Å². The van der Waals surface area contributed by atoms with E-state index in [0.717, 1.165) is 27.8 Å². The standard InChI is InChI=1S/C26H16N2/c27-18-26(19-28)24-16-21(15-14-20-8-3-1-4-9-20)10-7-13-23(24)17-25(26)22-11-5-2-6-12-22/h1-13,16-17,24H. The van der Waals surface area contributed by atoms with Crippen LogP contribution in [0.4, 0.5) is 0 Å². The smallest absolute Gasteiger partial charge is 0.179 e. The molecule has 0 bridgehead atoms. The first-order valence-electron chi connectivity index (χ1n) is 9.04. The Bertz CT molecular complexity index is 1150. The second-order valence-electron chi connectivity index (χ2n) is 6.70. The first-order valence-corrected chi connectivity index (χ1v) is 9.04. The zero-order chi connectivity index (χ0) is 19.4. The summed E-state index contributed by atoms with van der Waals surface area (Å²) in [6.07, 6.45) is 9.75. The molecule has 28 heavy (non-hydrogen) atoms. The Morgan fingerprint density at radius 2 is 1.50 bits per heavy atom. The molecule has 2 aliphatic rings. The summed E-state index contributed by atoms with van der Waals surface area (Å²) in [6, 6.07) is 24.0. The number of allylic oxidation sites excluding steroid dienone is 8. The van der Waals surface area contributed by atoms with Gasteiger partial charge in [0.05, 0.1) is 12.1 Å². The normalized spacial score (nSPS) is 18.8. The van der Waals surface area contributed by atoms with Gasteiger partial charge >= 0.3 is 0 Å². The van der Waals surface area contributed by atoms with Gasteiger partial charge in [0.15, 0.2) is 5.41 Å². The van der Waals surface area contributed by atoms with Crippen molar-refractivity contribution >= 4 is 5.57 Å². The van der Waals surface area contributed by atoms with Gasteiger partial charge in [0.2, 0.25) is 0 Å². The molecule has 0 spiro atoms. The van der Waals surface area contributed by atoms with Crippen LogP contribution >= 0.6 is 0 Å². The van der Waals surface area contributed by atoms with Crippen molar-refractivity contribution in [1.82, 2.24) is 0 Å². The maximum Gasteiger partial charge on any atom is 0.179 e. The van der Waals surface area contributed by atoms with Crippen LogP contribution in [0.2, 0.25) is 0 Å². The van der Waals surface area contributed by atoms with Gasteiger partial charge in [-0.05, 0) is 34.9 Å². The van der Waals surface area contributed by atoms with Crippen LogP contribution < -0.4 is 0 Å². The Labute approximate surface area is 165 Å². The van der Waals surface area contributed by atoms with E-state index in [1.807, 2.05) is 91.0 Å². The van der Waals surface area contributed by atoms with Gasteiger partial charge in [0, 0.05) is 17.1 Å². The molecule has 2 aromatic carbocycles. The monoisotopic (exact) mass is 356 g/mol. The van der Waals surface area contributed by atoms with E-state index in [9.17, 15) is 10.5 Å². The van der Waals surface area contributed by atoms with Crippen LogP contribution in [0.25, 0.3) is 5.57 Å². The maximum atomic E-state index is 10.0. The van der Waals surface area contributed by atoms with Crippen molar-refractivity contribution in [3.8, 4) is 24.0 Å². The molecule has 0 N–H and O–H groups in total. The number of nitriles is 2. The van der Waals surface area contributed by atoms with Crippen LogP contribution in [0.5, 0.6) is 0 Å². The highest BCUT2D eigenvalue weighted by Gasteiger charge is 2.48. The molecule has 1 atom stereocenters. The van der Waals surface area contributed by atoms with Gasteiger partial charge in [-0.3, -0.25) is 0 Å². The van der Waals surface area contributed by atoms with Gasteiger partial charge < -0.3 is 0 Å². The molecule has 0 heterocycles. The lowest BCUT2D eigenvalue weighted by atomic mass is 9.72. The molecule has 2 heteroatoms. The predicted molar refractivity (Wildman–Crippen MR) is 110 cm³/mol. The molecular weight excluding hydrogens is 340 g/mol. The van der Waals surface area contributed by atoms with Crippen molar-refractivity contribution in [3.05, 3.63) is 113 Å². The van der Waals surface area contributed by atoms with Crippen LogP contribution in [0.3, 0.4) is 0 Å². The maximum absolute atomic E-state index is 10.0. The minimum Gasteiger partial charge on any atom is -0.196 e. The van der Waals surface area contributed by atoms with E-state index in [-0.39, 0.29) is 5.92 Å². The molecular formula is C26H16N2. The molecule has 4 rings (SSSR count). The minimum absolute atomic E-state index is 0.354. The highest BCUT2D eigenvalue weighted by Crippen LogP contribution is 2.52. The quantitative estimate of drug-likeness (QED) is 0.659. The Morgan fingerprint density at radius 3 is 2.18 bits per heavy atom. The second kappa shape index (κ2) is 7.28. The summed E-state index contributed by atoms with van der Waals surface area (Å²) in [5.74, 6) is 5.98. The first-order chi connectivity index (χ1) is 13.8. The van der Waals surface area contributed by atoms with E-state index >= 15 is 0 Å². The number of hydrogen-bond donors (Lipinski definition) is 0. The average molecular weight is 356 g/mol. The Morgan fingerprint density at radius 1 is 0.821 bits per heavy atom. The minimum atomic E-state index is -1.26. The lowest BCUT2D eigenvalue weighted by Crippen LogP contribution is -2.24. The molecule has 130 valence electrons. The van der Waals surface area contributed by atoms with Gasteiger partial charge in [-0.2, -0.15) is 10.5 Å². The van der Waals surface area contributed by atoms with Crippen molar-refractivity contribution in [2.24, 2.45) is 11.3 Å². The van der Waals surface area contributed by atoms with E-state index < -0.39 is 5.41 Å². The van der Waals surface area contributed by atoms with Crippen molar-refractivity contribution in [3.63, 3.8) is 0 Å². The summed E-state index contributed by atoms with van der Waals surface area (Å²) < 4.78 is 0. The lowest BCUT2D eigenvalue weighted by Gasteiger charge is -2.23. The van der Waals surface area contributed by atoms with Crippen molar-refractivity contribution in [1.29, 1.82) is 10.5 Å². The van der Waals surface area contributed by atoms with Crippen molar-refractivity contribution in [2.45, 2.75) is 0 Å². The number of nitrogens with zero attached hydrogens (tertiary/aromatic N) is 2. The largest absolute Gasteiger partial charge is 0.196 e. The van der Waals surface area contributed by atoms with Crippen molar-refractivity contribution < 1.29 is 0 Å². The molecule has 0 saturated heterocycles. The summed E-state index contributed by atoms with van der Waals surface area (Å²) in [5, 5.41) is 20.1. The Hall–Kier alpha value is -4.06. The van der Waals surface area contributed by atoms with Gasteiger partial charge in [-0.25, -0.2) is 0 Å². The molecule has 1 unspecified atom stereocenters. The molecule has 0 saturated carbocycles. The summed E-state index contributed by atoms with van der Waals surface area (Å²) in [5.41, 5.74) is 3.06. The van der Waals surface area contributed by atoms with Gasteiger partial charge in [-0.1, -0.05) is 84.7 Å². The highest BCUT2D eigenvalue weighted by molar-refractivity contribution is 5.83. The molecule has 0 aliphatic heterocycles. The van der Waals surface area contributed by atoms with Crippen molar-refractivity contribution in [2.75, 3.05) is 0 Å². The zero-order valence-electron chi connectivity index (χ0n) is 15.1. The predicted octanol–water partition coefficient (Wildman–Crippen LogP) is 5.21. The summed E-state index contributed by atoms with van der Waals surface area (Å²) in [4.78, 5) is 0. The van der Waals surface area contributed by atoms with Gasteiger partial charge in [0.25, 0.3) is 0 Å². The fourth-order valence-electron chi connectivity index (χ4n) is 3.62. The number of fused-ring (bicyclic) bond motifs is 1. The summed E-state index contributed by atoms with van der Waals surface area (Å²) in [6.45, 7) is 0. The van der Waals surface area contributed by atoms with Crippen LogP contribution in [0.1, 0.15) is 11.1 Å². The summed E-state index contributed by atoms with van der Waals surface area (Å²) >= 11 is 0. The average Bonchev–Trinajstić information content (AvgIpc) is 2.91. The van der Waals surface area contributed by atoms with Crippen LogP contribution in [0.15, 0.2) is 102 Å². The third kappa shape index (κ3) is 2.97. The summed E-state index contributed by atoms with van der Waals surface area (Å²) in [7, 11) is 0. The Balaban J connectivity index is 1.79. The second-order valence-corrected chi connectivity index (χ2v) is 6.70. The Kier molecular flexibility index (Phi) is 4.51. The zero-order valence-corrected chi connectivity index (χ0v) is 15.1. The number of rotatable bonds is 1. The van der Waals surface area contributed by atoms with Gasteiger partial charge in [-0.15, -0.1) is 0 Å². The SMILES string of the molecule is N#CC1(C#N)C(c2ccccc2)=CC2=CC=CC(C#Cc3ccccc3)=CC21. The number of hydrogen-bond acceptors (Lipinski definition) is 2. The van der Waals surface area contributed by atoms with E-state index in [2.05, 4.69) is 24.0 Å². The van der Waals surface area contributed by atoms with E-state index in [4.69, 9.17) is 0 Å². The molecule has 2 aromatic rings. The third-order valence-electron chi connectivity index (χ3n) is 5.03. The highest BCUT2D eigenvalue weighted by atomic mass is 14.5. The van der Waals surface area contributed by atoms with E-state index in [0.29, 0.717) is 0 Å². The molecule has 0 fully saturated rings. The molecule has 2 aliphatic carbocycles.